The Morgan fingerprint density at radius 1 is 1.23 bits per heavy atom. The second-order valence-corrected chi connectivity index (χ2v) is 11.4. The second kappa shape index (κ2) is 10.0. The van der Waals surface area contributed by atoms with Crippen molar-refractivity contribution in [1.29, 1.82) is 0 Å². The quantitative estimate of drug-likeness (QED) is 0.514. The van der Waals surface area contributed by atoms with Gasteiger partial charge in [-0.05, 0) is 53.2 Å². The maximum absolute atomic E-state index is 13.5. The molecule has 2 aliphatic rings. The molecule has 5 rings (SSSR count). The lowest BCUT2D eigenvalue weighted by Crippen LogP contribution is -2.35. The summed E-state index contributed by atoms with van der Waals surface area (Å²) in [5.41, 5.74) is 0.219. The zero-order valence-corrected chi connectivity index (χ0v) is 23.1. The molecule has 0 spiro atoms. The van der Waals surface area contributed by atoms with Crippen LogP contribution in [0.1, 0.15) is 68.7 Å². The third kappa shape index (κ3) is 5.15. The summed E-state index contributed by atoms with van der Waals surface area (Å²) in [6, 6.07) is 4.04. The second-order valence-electron chi connectivity index (χ2n) is 11.4. The van der Waals surface area contributed by atoms with Gasteiger partial charge < -0.3 is 24.4 Å². The summed E-state index contributed by atoms with van der Waals surface area (Å²) in [6.07, 6.45) is 1.19. The first-order chi connectivity index (χ1) is 18.8. The standard InChI is InChI=1S/C27H32FN7O5/c1-15(2)33-13-18-23(25(33)38)34(14-21(36)30-20-7-6-17(28)11-29-20)22-10-19(31-35(22)24(18)37)16-8-9-32(12-16)26(39)40-27(3,4)5/h6-7,10-11,15-16H,8-9,12-14H2,1-5H3,(H,29,30,36)/t16-/m1/s1. The molecule has 1 atom stereocenters. The minimum Gasteiger partial charge on any atom is -0.444 e. The summed E-state index contributed by atoms with van der Waals surface area (Å²) < 4.78 is 21.5. The highest BCUT2D eigenvalue weighted by Gasteiger charge is 2.37. The van der Waals surface area contributed by atoms with Crippen molar-refractivity contribution in [3.63, 3.8) is 0 Å². The number of halogens is 1. The van der Waals surface area contributed by atoms with E-state index in [2.05, 4.69) is 15.4 Å². The summed E-state index contributed by atoms with van der Waals surface area (Å²) in [6.45, 7) is 9.76. The lowest BCUT2D eigenvalue weighted by molar-refractivity contribution is -0.116. The highest BCUT2D eigenvalue weighted by atomic mass is 19.1. The Hall–Kier alpha value is -4.29. The number of rotatable bonds is 5. The molecule has 5 heterocycles. The monoisotopic (exact) mass is 553 g/mol. The summed E-state index contributed by atoms with van der Waals surface area (Å²) >= 11 is 0. The predicted octanol–water partition coefficient (Wildman–Crippen LogP) is 2.76. The number of carbonyl (C=O) groups excluding carboxylic acids is 3. The van der Waals surface area contributed by atoms with Gasteiger partial charge in [0.15, 0.2) is 0 Å². The number of pyridine rings is 1. The zero-order chi connectivity index (χ0) is 28.9. The number of likely N-dealkylation sites (tertiary alicyclic amines) is 1. The largest absolute Gasteiger partial charge is 0.444 e. The lowest BCUT2D eigenvalue weighted by atomic mass is 10.1. The number of anilines is 1. The van der Waals surface area contributed by atoms with Crippen molar-refractivity contribution in [2.45, 2.75) is 71.7 Å². The molecule has 1 saturated heterocycles. The zero-order valence-electron chi connectivity index (χ0n) is 23.1. The SMILES string of the molecule is CC(C)N1Cc2c(n(CC(=O)Nc3ccc(F)cn3)c3cc([C@@H]4CCN(C(=O)OC(C)(C)C)C4)nn3c2=O)C1=O. The third-order valence-corrected chi connectivity index (χ3v) is 6.96. The minimum atomic E-state index is -0.623. The topological polar surface area (TPSA) is 131 Å². The molecular weight excluding hydrogens is 521 g/mol. The van der Waals surface area contributed by atoms with Crippen LogP contribution < -0.4 is 10.9 Å². The maximum atomic E-state index is 13.5. The highest BCUT2D eigenvalue weighted by molar-refractivity contribution is 5.98. The molecule has 3 aromatic heterocycles. The summed E-state index contributed by atoms with van der Waals surface area (Å²) in [5.74, 6) is -1.41. The van der Waals surface area contributed by atoms with Crippen LogP contribution in [0.5, 0.6) is 0 Å². The van der Waals surface area contributed by atoms with Gasteiger partial charge in [0.05, 0.1) is 24.0 Å². The van der Waals surface area contributed by atoms with Gasteiger partial charge in [-0.25, -0.2) is 14.2 Å². The van der Waals surface area contributed by atoms with Crippen molar-refractivity contribution in [3.8, 4) is 0 Å². The molecule has 0 bridgehead atoms. The van der Waals surface area contributed by atoms with E-state index in [0.29, 0.717) is 25.2 Å². The molecule has 0 aliphatic carbocycles. The van der Waals surface area contributed by atoms with Crippen LogP contribution in [0.3, 0.4) is 0 Å². The van der Waals surface area contributed by atoms with Crippen molar-refractivity contribution in [2.24, 2.45) is 0 Å². The number of aromatic nitrogens is 4. The Morgan fingerprint density at radius 3 is 2.62 bits per heavy atom. The predicted molar refractivity (Wildman–Crippen MR) is 142 cm³/mol. The van der Waals surface area contributed by atoms with Crippen molar-refractivity contribution in [2.75, 3.05) is 18.4 Å². The Kier molecular flexibility index (Phi) is 6.84. The average Bonchev–Trinajstić information content (AvgIpc) is 3.59. The summed E-state index contributed by atoms with van der Waals surface area (Å²) in [7, 11) is 0. The smallest absolute Gasteiger partial charge is 0.410 e. The van der Waals surface area contributed by atoms with Crippen LogP contribution >= 0.6 is 0 Å². The normalized spacial score (nSPS) is 17.2. The first-order valence-corrected chi connectivity index (χ1v) is 13.2. The Labute approximate surface area is 229 Å². The fourth-order valence-corrected chi connectivity index (χ4v) is 5.05. The molecular formula is C27H32FN7O5. The fraction of sp³-hybridized carbons (Fsp3) is 0.481. The lowest BCUT2D eigenvalue weighted by Gasteiger charge is -2.24. The van der Waals surface area contributed by atoms with Gasteiger partial charge in [0.1, 0.15) is 35.1 Å². The Morgan fingerprint density at radius 2 is 1.98 bits per heavy atom. The van der Waals surface area contributed by atoms with Gasteiger partial charge in [0.25, 0.3) is 11.5 Å². The molecule has 1 N–H and O–H groups in total. The molecule has 0 unspecified atom stereocenters. The molecule has 2 aliphatic heterocycles. The van der Waals surface area contributed by atoms with Gasteiger partial charge in [0, 0.05) is 31.1 Å². The van der Waals surface area contributed by atoms with Crippen LogP contribution in [0, 0.1) is 5.82 Å². The Bertz CT molecular complexity index is 1550. The van der Waals surface area contributed by atoms with Crippen LogP contribution in [0.2, 0.25) is 0 Å². The van der Waals surface area contributed by atoms with Crippen LogP contribution in [0.4, 0.5) is 15.0 Å². The Balaban J connectivity index is 1.51. The summed E-state index contributed by atoms with van der Waals surface area (Å²) in [5, 5.41) is 7.19. The van der Waals surface area contributed by atoms with Gasteiger partial charge in [-0.15, -0.1) is 0 Å². The minimum absolute atomic E-state index is 0.104. The third-order valence-electron chi connectivity index (χ3n) is 6.96. The molecule has 40 heavy (non-hydrogen) atoms. The molecule has 212 valence electrons. The van der Waals surface area contributed by atoms with Gasteiger partial charge in [-0.1, -0.05) is 0 Å². The van der Waals surface area contributed by atoms with E-state index in [9.17, 15) is 23.6 Å². The number of fused-ring (bicyclic) bond motifs is 2. The number of ether oxygens (including phenoxy) is 1. The van der Waals surface area contributed by atoms with Crippen LogP contribution in [0.15, 0.2) is 29.2 Å². The van der Waals surface area contributed by atoms with Crippen molar-refractivity contribution >= 4 is 29.4 Å². The molecule has 3 amide bonds. The van der Waals surface area contributed by atoms with Gasteiger partial charge in [0.2, 0.25) is 5.91 Å². The van der Waals surface area contributed by atoms with E-state index in [0.717, 1.165) is 6.20 Å². The average molecular weight is 554 g/mol. The van der Waals surface area contributed by atoms with E-state index >= 15 is 0 Å². The van der Waals surface area contributed by atoms with E-state index in [-0.39, 0.29) is 53.7 Å². The molecule has 0 aromatic carbocycles. The van der Waals surface area contributed by atoms with Gasteiger partial charge in [-0.3, -0.25) is 14.4 Å². The number of hydrogen-bond acceptors (Lipinski definition) is 7. The fourth-order valence-electron chi connectivity index (χ4n) is 5.05. The maximum Gasteiger partial charge on any atom is 0.410 e. The number of hydrogen-bond donors (Lipinski definition) is 1. The number of nitrogens with one attached hydrogen (secondary N) is 1. The number of amides is 3. The highest BCUT2D eigenvalue weighted by Crippen LogP contribution is 2.30. The number of nitrogens with zero attached hydrogens (tertiary/aromatic N) is 6. The van der Waals surface area contributed by atoms with Crippen molar-refractivity contribution in [1.82, 2.24) is 29.0 Å². The molecule has 0 saturated carbocycles. The van der Waals surface area contributed by atoms with E-state index in [1.165, 1.54) is 21.2 Å². The van der Waals surface area contributed by atoms with E-state index < -0.39 is 29.0 Å². The van der Waals surface area contributed by atoms with Crippen LogP contribution in [0.25, 0.3) is 5.65 Å². The molecule has 12 nitrogen and oxygen atoms in total. The van der Waals surface area contributed by atoms with Crippen molar-refractivity contribution in [3.05, 3.63) is 57.5 Å². The molecule has 13 heteroatoms. The van der Waals surface area contributed by atoms with E-state index in [1.807, 2.05) is 13.8 Å². The molecule has 0 radical (unpaired) electrons. The van der Waals surface area contributed by atoms with Crippen molar-refractivity contribution < 1.29 is 23.5 Å². The van der Waals surface area contributed by atoms with E-state index in [4.69, 9.17) is 4.74 Å². The van der Waals surface area contributed by atoms with Crippen LogP contribution in [-0.4, -0.2) is 71.6 Å². The van der Waals surface area contributed by atoms with Gasteiger partial charge >= 0.3 is 6.09 Å². The first-order valence-electron chi connectivity index (χ1n) is 13.2. The van der Waals surface area contributed by atoms with Crippen LogP contribution in [-0.2, 0) is 22.6 Å². The first kappa shape index (κ1) is 27.3. The number of carbonyl (C=O) groups is 3. The van der Waals surface area contributed by atoms with Gasteiger partial charge in [-0.2, -0.15) is 9.61 Å². The van der Waals surface area contributed by atoms with E-state index in [1.54, 1.807) is 36.6 Å². The molecule has 1 fully saturated rings. The summed E-state index contributed by atoms with van der Waals surface area (Å²) in [4.78, 5) is 59.6. The molecule has 3 aromatic rings.